The third kappa shape index (κ3) is 7.22. The molecule has 0 saturated carbocycles. The minimum absolute atomic E-state index is 0.0480. The smallest absolute Gasteiger partial charge is 0.416 e. The number of hydrogen-bond acceptors (Lipinski definition) is 4. The van der Waals surface area contributed by atoms with Gasteiger partial charge in [-0.2, -0.15) is 13.2 Å². The van der Waals surface area contributed by atoms with Crippen LogP contribution in [0.25, 0.3) is 17.4 Å². The normalized spacial score (nSPS) is 12.1. The van der Waals surface area contributed by atoms with Crippen LogP contribution in [0.4, 0.5) is 13.2 Å². The van der Waals surface area contributed by atoms with Crippen LogP contribution in [-0.4, -0.2) is 43.9 Å². The van der Waals surface area contributed by atoms with E-state index < -0.39 is 23.6 Å². The van der Waals surface area contributed by atoms with Crippen LogP contribution < -0.4 is 10.6 Å². The molecule has 0 spiro atoms. The maximum atomic E-state index is 13.1. The maximum absolute atomic E-state index is 13.1. The highest BCUT2D eigenvalue weighted by Crippen LogP contribution is 2.36. The number of likely N-dealkylation sites (N-methyl/N-ethyl adjacent to an activating group) is 1. The Kier molecular flexibility index (Phi) is 8.60. The van der Waals surface area contributed by atoms with Crippen LogP contribution in [0, 0.1) is 6.92 Å². The minimum Gasteiger partial charge on any atom is -0.457 e. The van der Waals surface area contributed by atoms with Gasteiger partial charge in [0.15, 0.2) is 0 Å². The Balaban J connectivity index is 1.91. The first-order chi connectivity index (χ1) is 16.9. The van der Waals surface area contributed by atoms with Crippen LogP contribution in [0.3, 0.4) is 0 Å². The summed E-state index contributed by atoms with van der Waals surface area (Å²) in [4.78, 5) is 27.5. The number of aryl methyl sites for hydroxylation is 1. The standard InChI is InChI=1S/C26H25ClF3N3O3/c1-16-4-6-17(7-5-16)24(34)32-22(25(35)31-12-13-33(2)3)15-19-9-11-23(36-19)20-14-18(26(28,29)30)8-10-21(20)27/h4-11,14-15H,12-13H2,1-3H3,(H,31,35)(H,32,34). The zero-order chi connectivity index (χ0) is 26.5. The van der Waals surface area contributed by atoms with Crippen molar-refractivity contribution in [2.45, 2.75) is 13.1 Å². The number of halogens is 4. The Bertz CT molecular complexity index is 1270. The Morgan fingerprint density at radius 1 is 1.06 bits per heavy atom. The molecular formula is C26H25ClF3N3O3. The van der Waals surface area contributed by atoms with Gasteiger partial charge in [-0.15, -0.1) is 0 Å². The SMILES string of the molecule is Cc1ccc(C(=O)NC(=Cc2ccc(-c3cc(C(F)(F)F)ccc3Cl)o2)C(=O)NCCN(C)C)cc1. The third-order valence-electron chi connectivity index (χ3n) is 5.12. The van der Waals surface area contributed by atoms with Crippen molar-refractivity contribution in [2.75, 3.05) is 27.2 Å². The van der Waals surface area contributed by atoms with Gasteiger partial charge in [-0.3, -0.25) is 9.59 Å². The van der Waals surface area contributed by atoms with Gasteiger partial charge >= 0.3 is 6.18 Å². The summed E-state index contributed by atoms with van der Waals surface area (Å²) in [6.07, 6.45) is -3.24. The summed E-state index contributed by atoms with van der Waals surface area (Å²) in [5, 5.41) is 5.38. The van der Waals surface area contributed by atoms with Crippen LogP contribution in [-0.2, 0) is 11.0 Å². The maximum Gasteiger partial charge on any atom is 0.416 e. The molecule has 36 heavy (non-hydrogen) atoms. The second kappa shape index (κ2) is 11.5. The average molecular weight is 520 g/mol. The predicted octanol–water partition coefficient (Wildman–Crippen LogP) is 5.38. The number of nitrogens with zero attached hydrogens (tertiary/aromatic N) is 1. The van der Waals surface area contributed by atoms with Crippen molar-refractivity contribution >= 4 is 29.5 Å². The van der Waals surface area contributed by atoms with Gasteiger partial charge in [0.1, 0.15) is 17.2 Å². The number of carbonyl (C=O) groups is 2. The van der Waals surface area contributed by atoms with Gasteiger partial charge in [-0.05, 0) is 63.5 Å². The summed E-state index contributed by atoms with van der Waals surface area (Å²) in [7, 11) is 3.71. The van der Waals surface area contributed by atoms with Gasteiger partial charge in [0, 0.05) is 30.3 Å². The highest BCUT2D eigenvalue weighted by molar-refractivity contribution is 6.33. The fourth-order valence-corrected chi connectivity index (χ4v) is 3.36. The average Bonchev–Trinajstić information content (AvgIpc) is 3.26. The van der Waals surface area contributed by atoms with E-state index in [0.29, 0.717) is 18.7 Å². The second-order valence-corrected chi connectivity index (χ2v) is 8.74. The molecule has 190 valence electrons. The largest absolute Gasteiger partial charge is 0.457 e. The topological polar surface area (TPSA) is 74.6 Å². The first-order valence-corrected chi connectivity index (χ1v) is 11.3. The summed E-state index contributed by atoms with van der Waals surface area (Å²) < 4.78 is 45.1. The lowest BCUT2D eigenvalue weighted by molar-refractivity contribution is -0.137. The van der Waals surface area contributed by atoms with Crippen LogP contribution >= 0.6 is 11.6 Å². The highest BCUT2D eigenvalue weighted by Gasteiger charge is 2.31. The van der Waals surface area contributed by atoms with E-state index >= 15 is 0 Å². The van der Waals surface area contributed by atoms with E-state index in [0.717, 1.165) is 23.8 Å². The molecule has 0 radical (unpaired) electrons. The highest BCUT2D eigenvalue weighted by atomic mass is 35.5. The Morgan fingerprint density at radius 2 is 1.75 bits per heavy atom. The molecule has 0 bridgehead atoms. The van der Waals surface area contributed by atoms with Gasteiger partial charge in [-0.1, -0.05) is 29.3 Å². The molecule has 0 saturated heterocycles. The van der Waals surface area contributed by atoms with E-state index in [4.69, 9.17) is 16.0 Å². The van der Waals surface area contributed by atoms with Crippen LogP contribution in [0.5, 0.6) is 0 Å². The molecule has 1 aromatic heterocycles. The molecule has 0 fully saturated rings. The minimum atomic E-state index is -4.55. The summed E-state index contributed by atoms with van der Waals surface area (Å²) in [5.41, 5.74) is 0.410. The monoisotopic (exact) mass is 519 g/mol. The van der Waals surface area contributed by atoms with Gasteiger partial charge in [0.2, 0.25) is 0 Å². The van der Waals surface area contributed by atoms with Gasteiger partial charge < -0.3 is 20.0 Å². The molecule has 0 aliphatic heterocycles. The van der Waals surface area contributed by atoms with Crippen LogP contribution in [0.2, 0.25) is 5.02 Å². The lowest BCUT2D eigenvalue weighted by Crippen LogP contribution is -2.37. The molecule has 0 unspecified atom stereocenters. The Hall–Kier alpha value is -3.56. The first kappa shape index (κ1) is 27.0. The number of carbonyl (C=O) groups excluding carboxylic acids is 2. The molecule has 10 heteroatoms. The van der Waals surface area contributed by atoms with Crippen molar-refractivity contribution in [3.05, 3.63) is 87.8 Å². The number of furan rings is 1. The van der Waals surface area contributed by atoms with Gasteiger partial charge in [-0.25, -0.2) is 0 Å². The summed E-state index contributed by atoms with van der Waals surface area (Å²) in [6, 6.07) is 12.6. The van der Waals surface area contributed by atoms with E-state index in [9.17, 15) is 22.8 Å². The van der Waals surface area contributed by atoms with E-state index in [1.165, 1.54) is 18.2 Å². The Morgan fingerprint density at radius 3 is 2.39 bits per heavy atom. The van der Waals surface area contributed by atoms with Crippen molar-refractivity contribution in [1.29, 1.82) is 0 Å². The quantitative estimate of drug-likeness (QED) is 0.392. The number of nitrogens with one attached hydrogen (secondary N) is 2. The fraction of sp³-hybridized carbons (Fsp3) is 0.231. The molecule has 6 nitrogen and oxygen atoms in total. The van der Waals surface area contributed by atoms with Gasteiger partial charge in [0.05, 0.1) is 10.6 Å². The Labute approximate surface area is 211 Å². The zero-order valence-electron chi connectivity index (χ0n) is 19.9. The van der Waals surface area contributed by atoms with E-state index in [-0.39, 0.29) is 27.8 Å². The number of amides is 2. The zero-order valence-corrected chi connectivity index (χ0v) is 20.6. The van der Waals surface area contributed by atoms with Crippen molar-refractivity contribution in [3.8, 4) is 11.3 Å². The molecule has 0 aliphatic rings. The molecule has 3 aromatic rings. The molecule has 2 N–H and O–H groups in total. The molecular weight excluding hydrogens is 495 g/mol. The van der Waals surface area contributed by atoms with Crippen molar-refractivity contribution in [1.82, 2.24) is 15.5 Å². The van der Waals surface area contributed by atoms with Crippen LogP contribution in [0.15, 0.2) is 64.7 Å². The number of alkyl halides is 3. The van der Waals surface area contributed by atoms with E-state index in [1.54, 1.807) is 24.3 Å². The van der Waals surface area contributed by atoms with E-state index in [2.05, 4.69) is 10.6 Å². The summed E-state index contributed by atoms with van der Waals surface area (Å²) >= 11 is 6.11. The third-order valence-corrected chi connectivity index (χ3v) is 5.45. The van der Waals surface area contributed by atoms with Crippen molar-refractivity contribution in [3.63, 3.8) is 0 Å². The predicted molar refractivity (Wildman–Crippen MR) is 132 cm³/mol. The molecule has 0 aliphatic carbocycles. The molecule has 1 heterocycles. The van der Waals surface area contributed by atoms with Crippen molar-refractivity contribution < 1.29 is 27.2 Å². The molecule has 2 amide bonds. The number of benzene rings is 2. The van der Waals surface area contributed by atoms with Crippen molar-refractivity contribution in [2.24, 2.45) is 0 Å². The first-order valence-electron chi connectivity index (χ1n) is 10.9. The lowest BCUT2D eigenvalue weighted by atomic mass is 10.1. The number of hydrogen-bond donors (Lipinski definition) is 2. The van der Waals surface area contributed by atoms with E-state index in [1.807, 2.05) is 25.9 Å². The second-order valence-electron chi connectivity index (χ2n) is 8.33. The summed E-state index contributed by atoms with van der Waals surface area (Å²) in [5.74, 6) is -0.834. The number of rotatable bonds is 8. The lowest BCUT2D eigenvalue weighted by Gasteiger charge is -2.13. The summed E-state index contributed by atoms with van der Waals surface area (Å²) in [6.45, 7) is 2.78. The van der Waals surface area contributed by atoms with Crippen LogP contribution in [0.1, 0.15) is 27.2 Å². The van der Waals surface area contributed by atoms with Gasteiger partial charge in [0.25, 0.3) is 11.8 Å². The molecule has 3 rings (SSSR count). The molecule has 0 atom stereocenters. The molecule has 2 aromatic carbocycles. The fourth-order valence-electron chi connectivity index (χ4n) is 3.15.